The molecule has 0 fully saturated rings. The summed E-state index contributed by atoms with van der Waals surface area (Å²) in [7, 11) is 0. The number of nitrogens with zero attached hydrogens (tertiary/aromatic N) is 1. The standard InChI is InChI=1S/C18H13FN2O4/c1-10(22)20-11-6-7-14(15(19)8-11)16(23)9-21-17(24)12-4-2-3-5-13(12)18(21)25/h2-8H,9H2,1H3,(H,20,22). The second-order valence-electron chi connectivity index (χ2n) is 5.54. The highest BCUT2D eigenvalue weighted by atomic mass is 19.1. The number of fused-ring (bicyclic) bond motifs is 1. The fourth-order valence-electron chi connectivity index (χ4n) is 2.63. The zero-order chi connectivity index (χ0) is 18.1. The molecule has 3 rings (SSSR count). The minimum absolute atomic E-state index is 0.210. The van der Waals surface area contributed by atoms with E-state index in [1.807, 2.05) is 0 Å². The fourth-order valence-corrected chi connectivity index (χ4v) is 2.63. The predicted molar refractivity (Wildman–Crippen MR) is 86.8 cm³/mol. The summed E-state index contributed by atoms with van der Waals surface area (Å²) in [5, 5.41) is 2.40. The lowest BCUT2D eigenvalue weighted by atomic mass is 10.1. The number of nitrogens with one attached hydrogen (secondary N) is 1. The lowest BCUT2D eigenvalue weighted by Gasteiger charge is -2.13. The van der Waals surface area contributed by atoms with E-state index in [1.54, 1.807) is 12.1 Å². The van der Waals surface area contributed by atoms with Gasteiger partial charge in [-0.3, -0.25) is 24.1 Å². The number of hydrogen-bond donors (Lipinski definition) is 1. The summed E-state index contributed by atoms with van der Waals surface area (Å²) in [6.45, 7) is 0.724. The molecular weight excluding hydrogens is 327 g/mol. The number of ketones is 1. The SMILES string of the molecule is CC(=O)Nc1ccc(C(=O)CN2C(=O)c3ccccc3C2=O)c(F)c1. The summed E-state index contributed by atoms with van der Waals surface area (Å²) in [5.74, 6) is -3.08. The molecule has 0 radical (unpaired) electrons. The molecule has 1 aliphatic heterocycles. The van der Waals surface area contributed by atoms with Crippen LogP contribution in [0, 0.1) is 5.82 Å². The fraction of sp³-hybridized carbons (Fsp3) is 0.111. The van der Waals surface area contributed by atoms with Crippen molar-refractivity contribution in [2.75, 3.05) is 11.9 Å². The zero-order valence-electron chi connectivity index (χ0n) is 13.2. The van der Waals surface area contributed by atoms with Gasteiger partial charge in [0, 0.05) is 12.6 Å². The van der Waals surface area contributed by atoms with E-state index in [4.69, 9.17) is 0 Å². The van der Waals surface area contributed by atoms with E-state index in [0.29, 0.717) is 0 Å². The van der Waals surface area contributed by atoms with E-state index < -0.39 is 30.0 Å². The molecular formula is C18H13FN2O4. The summed E-state index contributed by atoms with van der Waals surface area (Å²) in [4.78, 5) is 48.6. The van der Waals surface area contributed by atoms with Gasteiger partial charge < -0.3 is 5.32 Å². The number of amides is 3. The van der Waals surface area contributed by atoms with Gasteiger partial charge in [0.05, 0.1) is 23.2 Å². The van der Waals surface area contributed by atoms with Crippen molar-refractivity contribution in [2.45, 2.75) is 6.92 Å². The number of halogens is 1. The minimum Gasteiger partial charge on any atom is -0.326 e. The average molecular weight is 340 g/mol. The molecule has 0 aromatic heterocycles. The van der Waals surface area contributed by atoms with Crippen molar-refractivity contribution in [1.82, 2.24) is 4.90 Å². The Hall–Kier alpha value is -3.35. The van der Waals surface area contributed by atoms with Crippen LogP contribution in [0.15, 0.2) is 42.5 Å². The lowest BCUT2D eigenvalue weighted by Crippen LogP contribution is -2.35. The molecule has 2 aromatic carbocycles. The van der Waals surface area contributed by atoms with E-state index in [0.717, 1.165) is 11.0 Å². The normalized spacial score (nSPS) is 13.0. The lowest BCUT2D eigenvalue weighted by molar-refractivity contribution is -0.114. The van der Waals surface area contributed by atoms with Crippen LogP contribution in [0.4, 0.5) is 10.1 Å². The topological polar surface area (TPSA) is 83.6 Å². The monoisotopic (exact) mass is 340 g/mol. The highest BCUT2D eigenvalue weighted by molar-refractivity contribution is 6.23. The number of carbonyl (C=O) groups is 4. The van der Waals surface area contributed by atoms with Gasteiger partial charge in [0.1, 0.15) is 5.82 Å². The number of Topliss-reactive ketones (excluding diaryl/α,β-unsaturated/α-hetero) is 1. The van der Waals surface area contributed by atoms with Crippen LogP contribution in [0.5, 0.6) is 0 Å². The molecule has 25 heavy (non-hydrogen) atoms. The third-order valence-electron chi connectivity index (χ3n) is 3.77. The van der Waals surface area contributed by atoms with Gasteiger partial charge in [-0.05, 0) is 30.3 Å². The molecule has 0 unspecified atom stereocenters. The Kier molecular flexibility index (Phi) is 4.14. The molecule has 3 amide bonds. The Morgan fingerprint density at radius 2 is 1.64 bits per heavy atom. The van der Waals surface area contributed by atoms with Crippen molar-refractivity contribution >= 4 is 29.2 Å². The molecule has 0 saturated heterocycles. The first-order valence-corrected chi connectivity index (χ1v) is 7.44. The van der Waals surface area contributed by atoms with Crippen molar-refractivity contribution in [3.63, 3.8) is 0 Å². The first-order chi connectivity index (χ1) is 11.9. The molecule has 0 aliphatic carbocycles. The maximum atomic E-state index is 14.1. The second kappa shape index (κ2) is 6.27. The highest BCUT2D eigenvalue weighted by Crippen LogP contribution is 2.23. The van der Waals surface area contributed by atoms with Crippen molar-refractivity contribution in [3.8, 4) is 0 Å². The Morgan fingerprint density at radius 1 is 1.04 bits per heavy atom. The summed E-state index contributed by atoms with van der Waals surface area (Å²) in [6, 6.07) is 9.84. The number of carbonyl (C=O) groups excluding carboxylic acids is 4. The van der Waals surface area contributed by atoms with Gasteiger partial charge in [0.2, 0.25) is 5.91 Å². The third kappa shape index (κ3) is 3.03. The number of anilines is 1. The quantitative estimate of drug-likeness (QED) is 0.683. The molecule has 7 heteroatoms. The van der Waals surface area contributed by atoms with Crippen molar-refractivity contribution in [1.29, 1.82) is 0 Å². The van der Waals surface area contributed by atoms with Gasteiger partial charge in [-0.15, -0.1) is 0 Å². The molecule has 0 spiro atoms. The molecule has 1 aliphatic rings. The summed E-state index contributed by atoms with van der Waals surface area (Å²) < 4.78 is 14.1. The van der Waals surface area contributed by atoms with E-state index in [1.165, 1.54) is 31.2 Å². The first kappa shape index (κ1) is 16.5. The van der Waals surface area contributed by atoms with Crippen LogP contribution in [0.2, 0.25) is 0 Å². The molecule has 6 nitrogen and oxygen atoms in total. The summed E-state index contributed by atoms with van der Waals surface area (Å²) in [5.41, 5.74) is 0.400. The molecule has 126 valence electrons. The molecule has 0 atom stereocenters. The number of imide groups is 1. The van der Waals surface area contributed by atoms with Crippen LogP contribution in [-0.4, -0.2) is 34.9 Å². The minimum atomic E-state index is -0.840. The maximum absolute atomic E-state index is 14.1. The number of hydrogen-bond acceptors (Lipinski definition) is 4. The van der Waals surface area contributed by atoms with Crippen molar-refractivity contribution < 1.29 is 23.6 Å². The second-order valence-corrected chi connectivity index (χ2v) is 5.54. The zero-order valence-corrected chi connectivity index (χ0v) is 13.2. The third-order valence-corrected chi connectivity index (χ3v) is 3.77. The van der Waals surface area contributed by atoms with Gasteiger partial charge in [-0.25, -0.2) is 4.39 Å². The summed E-state index contributed by atoms with van der Waals surface area (Å²) >= 11 is 0. The molecule has 2 aromatic rings. The molecule has 1 heterocycles. The Morgan fingerprint density at radius 3 is 2.16 bits per heavy atom. The maximum Gasteiger partial charge on any atom is 0.261 e. The van der Waals surface area contributed by atoms with Crippen LogP contribution in [-0.2, 0) is 4.79 Å². The average Bonchev–Trinajstić information content (AvgIpc) is 2.80. The van der Waals surface area contributed by atoms with E-state index in [2.05, 4.69) is 5.32 Å². The molecule has 0 bridgehead atoms. The van der Waals surface area contributed by atoms with Crippen LogP contribution in [0.25, 0.3) is 0 Å². The van der Waals surface area contributed by atoms with Gasteiger partial charge in [0.25, 0.3) is 11.8 Å². The van der Waals surface area contributed by atoms with Gasteiger partial charge in [-0.1, -0.05) is 12.1 Å². The van der Waals surface area contributed by atoms with Gasteiger partial charge in [0.15, 0.2) is 5.78 Å². The van der Waals surface area contributed by atoms with Gasteiger partial charge >= 0.3 is 0 Å². The van der Waals surface area contributed by atoms with Crippen LogP contribution in [0.3, 0.4) is 0 Å². The largest absolute Gasteiger partial charge is 0.326 e. The van der Waals surface area contributed by atoms with E-state index in [9.17, 15) is 23.6 Å². The number of benzene rings is 2. The predicted octanol–water partition coefficient (Wildman–Crippen LogP) is 2.26. The molecule has 1 N–H and O–H groups in total. The van der Waals surface area contributed by atoms with Crippen LogP contribution in [0.1, 0.15) is 38.0 Å². The van der Waals surface area contributed by atoms with Gasteiger partial charge in [-0.2, -0.15) is 0 Å². The van der Waals surface area contributed by atoms with Crippen LogP contribution >= 0.6 is 0 Å². The molecule has 0 saturated carbocycles. The Bertz CT molecular complexity index is 888. The number of rotatable bonds is 4. The smallest absolute Gasteiger partial charge is 0.261 e. The first-order valence-electron chi connectivity index (χ1n) is 7.44. The van der Waals surface area contributed by atoms with Crippen molar-refractivity contribution in [3.05, 3.63) is 65.0 Å². The van der Waals surface area contributed by atoms with Crippen molar-refractivity contribution in [2.24, 2.45) is 0 Å². The summed E-state index contributed by atoms with van der Waals surface area (Å²) in [6.07, 6.45) is 0. The van der Waals surface area contributed by atoms with E-state index in [-0.39, 0.29) is 28.3 Å². The highest BCUT2D eigenvalue weighted by Gasteiger charge is 2.36. The van der Waals surface area contributed by atoms with Crippen LogP contribution < -0.4 is 5.32 Å². The Labute approximate surface area is 142 Å². The Balaban J connectivity index is 1.81. The van der Waals surface area contributed by atoms with E-state index >= 15 is 0 Å².